The van der Waals surface area contributed by atoms with Crippen molar-refractivity contribution in [3.63, 3.8) is 0 Å². The third kappa shape index (κ3) is 2.89. The zero-order valence-electron chi connectivity index (χ0n) is 12.1. The molecular formula is C17H17BrN2S. The lowest BCUT2D eigenvalue weighted by Crippen LogP contribution is -2.13. The Morgan fingerprint density at radius 2 is 2.14 bits per heavy atom. The minimum Gasteiger partial charge on any atom is -0.312 e. The van der Waals surface area contributed by atoms with E-state index in [1.54, 1.807) is 0 Å². The third-order valence-corrected chi connectivity index (χ3v) is 5.34. The van der Waals surface area contributed by atoms with E-state index in [4.69, 9.17) is 0 Å². The molecule has 1 atom stereocenters. The maximum atomic E-state index is 4.60. The molecule has 2 aromatic heterocycles. The van der Waals surface area contributed by atoms with Crippen LogP contribution in [0.1, 0.15) is 24.3 Å². The zero-order valence-corrected chi connectivity index (χ0v) is 14.5. The van der Waals surface area contributed by atoms with Gasteiger partial charge in [0, 0.05) is 37.4 Å². The quantitative estimate of drug-likeness (QED) is 0.673. The van der Waals surface area contributed by atoms with E-state index < -0.39 is 0 Å². The lowest BCUT2D eigenvalue weighted by molar-refractivity contribution is 0.586. The molecule has 1 unspecified atom stereocenters. The summed E-state index contributed by atoms with van der Waals surface area (Å²) in [5, 5.41) is 4.53. The van der Waals surface area contributed by atoms with Crippen LogP contribution >= 0.6 is 27.3 Å². The third-order valence-electron chi connectivity index (χ3n) is 3.67. The van der Waals surface area contributed by atoms with Gasteiger partial charge in [0.25, 0.3) is 0 Å². The number of halogens is 1. The lowest BCUT2D eigenvalue weighted by atomic mass is 10.1. The van der Waals surface area contributed by atoms with Gasteiger partial charge in [-0.1, -0.05) is 25.1 Å². The van der Waals surface area contributed by atoms with E-state index in [-0.39, 0.29) is 0 Å². The Balaban J connectivity index is 2.08. The van der Waals surface area contributed by atoms with Crippen LogP contribution in [0.4, 0.5) is 0 Å². The highest BCUT2D eigenvalue weighted by Gasteiger charge is 2.12. The normalized spacial score (nSPS) is 12.7. The van der Waals surface area contributed by atoms with E-state index in [9.17, 15) is 0 Å². The molecule has 0 spiro atoms. The summed E-state index contributed by atoms with van der Waals surface area (Å²) >= 11 is 5.33. The van der Waals surface area contributed by atoms with Crippen LogP contribution in [0.3, 0.4) is 0 Å². The summed E-state index contributed by atoms with van der Waals surface area (Å²) in [5.41, 5.74) is 2.27. The Labute approximate surface area is 137 Å². The summed E-state index contributed by atoms with van der Waals surface area (Å²) in [6.45, 7) is 2.21. The first-order valence-electron chi connectivity index (χ1n) is 7.04. The summed E-state index contributed by atoms with van der Waals surface area (Å²) in [5.74, 6) is 0. The molecule has 108 valence electrons. The monoisotopic (exact) mass is 360 g/mol. The fourth-order valence-electron chi connectivity index (χ4n) is 2.57. The average molecular weight is 361 g/mol. The molecule has 0 fully saturated rings. The van der Waals surface area contributed by atoms with E-state index in [2.05, 4.69) is 69.6 Å². The van der Waals surface area contributed by atoms with Gasteiger partial charge in [-0.25, -0.2) is 0 Å². The SMILES string of the molecule is CCC(NC)c1ccc(-c2cccc3cc(Br)cnc23)s1. The molecule has 21 heavy (non-hydrogen) atoms. The number of hydrogen-bond donors (Lipinski definition) is 1. The Morgan fingerprint density at radius 1 is 1.29 bits per heavy atom. The van der Waals surface area contributed by atoms with Crippen molar-refractivity contribution in [1.82, 2.24) is 10.3 Å². The van der Waals surface area contributed by atoms with E-state index in [0.29, 0.717) is 6.04 Å². The molecule has 0 bridgehead atoms. The minimum atomic E-state index is 0.431. The second-order valence-electron chi connectivity index (χ2n) is 4.98. The number of rotatable bonds is 4. The molecule has 2 heterocycles. The topological polar surface area (TPSA) is 24.9 Å². The van der Waals surface area contributed by atoms with E-state index in [1.165, 1.54) is 15.3 Å². The summed E-state index contributed by atoms with van der Waals surface area (Å²) in [6.07, 6.45) is 2.96. The van der Waals surface area contributed by atoms with Crippen LogP contribution < -0.4 is 5.32 Å². The first kappa shape index (κ1) is 14.7. The first-order valence-corrected chi connectivity index (χ1v) is 8.65. The van der Waals surface area contributed by atoms with E-state index in [0.717, 1.165) is 21.8 Å². The lowest BCUT2D eigenvalue weighted by Gasteiger charge is -2.10. The standard InChI is InChI=1S/C17H17BrN2S/c1-3-14(19-2)16-8-7-15(21-16)13-6-4-5-11-9-12(18)10-20-17(11)13/h4-10,14,19H,3H2,1-2H3. The summed E-state index contributed by atoms with van der Waals surface area (Å²) in [6, 6.07) is 13.3. The predicted octanol–water partition coefficient (Wildman–Crippen LogP) is 5.40. The number of hydrogen-bond acceptors (Lipinski definition) is 3. The van der Waals surface area contributed by atoms with Crippen molar-refractivity contribution < 1.29 is 0 Å². The Bertz CT molecular complexity index is 762. The minimum absolute atomic E-state index is 0.431. The number of para-hydroxylation sites is 1. The van der Waals surface area contributed by atoms with Gasteiger partial charge in [0.05, 0.1) is 5.52 Å². The summed E-state index contributed by atoms with van der Waals surface area (Å²) in [4.78, 5) is 7.25. The van der Waals surface area contributed by atoms with Crippen LogP contribution in [0.2, 0.25) is 0 Å². The Morgan fingerprint density at radius 3 is 2.90 bits per heavy atom. The molecule has 0 amide bonds. The van der Waals surface area contributed by atoms with Crippen LogP contribution in [0.5, 0.6) is 0 Å². The number of pyridine rings is 1. The summed E-state index contributed by atoms with van der Waals surface area (Å²) < 4.78 is 1.01. The van der Waals surface area contributed by atoms with Gasteiger partial charge in [-0.05, 0) is 47.6 Å². The van der Waals surface area contributed by atoms with Crippen molar-refractivity contribution in [1.29, 1.82) is 0 Å². The number of fused-ring (bicyclic) bond motifs is 1. The largest absolute Gasteiger partial charge is 0.312 e. The second kappa shape index (κ2) is 6.26. The molecule has 0 saturated carbocycles. The van der Waals surface area contributed by atoms with Crippen LogP contribution in [-0.4, -0.2) is 12.0 Å². The molecule has 0 saturated heterocycles. The highest BCUT2D eigenvalue weighted by molar-refractivity contribution is 9.10. The van der Waals surface area contributed by atoms with Crippen LogP contribution in [0, 0.1) is 0 Å². The molecule has 0 aliphatic carbocycles. The van der Waals surface area contributed by atoms with Crippen LogP contribution in [-0.2, 0) is 0 Å². The number of nitrogens with one attached hydrogen (secondary N) is 1. The second-order valence-corrected chi connectivity index (χ2v) is 7.01. The first-order chi connectivity index (χ1) is 10.2. The number of thiophene rings is 1. The van der Waals surface area contributed by atoms with Crippen molar-refractivity contribution in [2.24, 2.45) is 0 Å². The molecule has 1 N–H and O–H groups in total. The maximum absolute atomic E-state index is 4.60. The number of aromatic nitrogens is 1. The molecule has 3 rings (SSSR count). The summed E-state index contributed by atoms with van der Waals surface area (Å²) in [7, 11) is 2.02. The van der Waals surface area contributed by atoms with E-state index in [1.807, 2.05) is 24.6 Å². The fourth-order valence-corrected chi connectivity index (χ4v) is 4.14. The van der Waals surface area contributed by atoms with Gasteiger partial charge in [0.1, 0.15) is 0 Å². The van der Waals surface area contributed by atoms with Gasteiger partial charge in [-0.3, -0.25) is 4.98 Å². The number of benzene rings is 1. The van der Waals surface area contributed by atoms with E-state index >= 15 is 0 Å². The van der Waals surface area contributed by atoms with Gasteiger partial charge in [-0.2, -0.15) is 0 Å². The predicted molar refractivity (Wildman–Crippen MR) is 94.8 cm³/mol. The van der Waals surface area contributed by atoms with Gasteiger partial charge in [-0.15, -0.1) is 11.3 Å². The van der Waals surface area contributed by atoms with Crippen LogP contribution in [0.25, 0.3) is 21.3 Å². The molecular weight excluding hydrogens is 344 g/mol. The van der Waals surface area contributed by atoms with Gasteiger partial charge >= 0.3 is 0 Å². The molecule has 0 aliphatic heterocycles. The van der Waals surface area contributed by atoms with Crippen LogP contribution in [0.15, 0.2) is 47.1 Å². The maximum Gasteiger partial charge on any atom is 0.0789 e. The van der Waals surface area contributed by atoms with Crippen molar-refractivity contribution in [2.75, 3.05) is 7.05 Å². The molecule has 1 aromatic carbocycles. The Kier molecular flexibility index (Phi) is 4.38. The fraction of sp³-hybridized carbons (Fsp3) is 0.235. The highest BCUT2D eigenvalue weighted by atomic mass is 79.9. The zero-order chi connectivity index (χ0) is 14.8. The van der Waals surface area contributed by atoms with Gasteiger partial charge in [0.2, 0.25) is 0 Å². The van der Waals surface area contributed by atoms with Gasteiger partial charge < -0.3 is 5.32 Å². The molecule has 4 heteroatoms. The van der Waals surface area contributed by atoms with Crippen molar-refractivity contribution in [2.45, 2.75) is 19.4 Å². The molecule has 0 aliphatic rings. The molecule has 3 aromatic rings. The average Bonchev–Trinajstić information content (AvgIpc) is 2.97. The van der Waals surface area contributed by atoms with Crippen molar-refractivity contribution in [3.8, 4) is 10.4 Å². The molecule has 2 nitrogen and oxygen atoms in total. The van der Waals surface area contributed by atoms with Gasteiger partial charge in [0.15, 0.2) is 0 Å². The highest BCUT2D eigenvalue weighted by Crippen LogP contribution is 2.35. The smallest absolute Gasteiger partial charge is 0.0789 e. The molecule has 0 radical (unpaired) electrons. The van der Waals surface area contributed by atoms with Crippen molar-refractivity contribution >= 4 is 38.2 Å². The number of nitrogens with zero attached hydrogens (tertiary/aromatic N) is 1. The van der Waals surface area contributed by atoms with Crippen molar-refractivity contribution in [3.05, 3.63) is 51.9 Å². The Hall–Kier alpha value is -1.23.